The molecular formula is C28H33Cl2N5O8. The van der Waals surface area contributed by atoms with Crippen LogP contribution < -0.4 is 56.2 Å². The second kappa shape index (κ2) is 15.2. The van der Waals surface area contributed by atoms with E-state index in [9.17, 15) is 0 Å². The van der Waals surface area contributed by atoms with Gasteiger partial charge in [-0.15, -0.1) is 20.5 Å². The molecule has 0 aliphatic heterocycles. The molecule has 0 saturated carbocycles. The van der Waals surface area contributed by atoms with Gasteiger partial charge in [0.05, 0.1) is 14.1 Å². The van der Waals surface area contributed by atoms with E-state index in [0.29, 0.717) is 0 Å². The summed E-state index contributed by atoms with van der Waals surface area (Å²) in [6.07, 6.45) is 13.0. The number of imidazole rings is 1. The topological polar surface area (TPSA) is 203 Å². The number of hydrogen-bond acceptors (Lipinski definition) is 10. The lowest BCUT2D eigenvalue weighted by Gasteiger charge is -2.17. The first-order valence-corrected chi connectivity index (χ1v) is 14.8. The third-order valence-corrected chi connectivity index (χ3v) is 5.88. The van der Waals surface area contributed by atoms with Crippen LogP contribution in [0.25, 0.3) is 30.0 Å². The van der Waals surface area contributed by atoms with Crippen LogP contribution in [0.4, 0.5) is 11.4 Å². The van der Waals surface area contributed by atoms with Crippen LogP contribution in [0.3, 0.4) is 0 Å². The standard InChI is InChI=1S/C28H33N5.2ClHO4/c1-29(2)24-13-7-22(8-14-24)11-17-26-19-27(33-21-31(5)20-28(33)32(26)6)18-12-23-9-15-25(16-10-23)30(3)4;2*2-1(3,4)5/h7-21H,1-6H3;2*(H,2,3,4,5)/q+2;;/p-2. The summed E-state index contributed by atoms with van der Waals surface area (Å²) in [4.78, 5) is 4.22. The summed E-state index contributed by atoms with van der Waals surface area (Å²) in [5.74, 6) is 0. The number of anilines is 2. The third-order valence-electron chi connectivity index (χ3n) is 5.88. The van der Waals surface area contributed by atoms with Crippen molar-refractivity contribution in [2.75, 3.05) is 38.0 Å². The van der Waals surface area contributed by atoms with Crippen molar-refractivity contribution in [1.82, 2.24) is 4.40 Å². The van der Waals surface area contributed by atoms with Gasteiger partial charge in [0.1, 0.15) is 11.4 Å². The Morgan fingerprint density at radius 2 is 1.02 bits per heavy atom. The summed E-state index contributed by atoms with van der Waals surface area (Å²) in [6.45, 7) is 0. The molecule has 43 heavy (non-hydrogen) atoms. The molecule has 0 amide bonds. The van der Waals surface area contributed by atoms with Crippen molar-refractivity contribution in [3.05, 3.63) is 89.6 Å². The van der Waals surface area contributed by atoms with Gasteiger partial charge in [0.2, 0.25) is 0 Å². The lowest BCUT2D eigenvalue weighted by molar-refractivity contribution is -2.00. The molecule has 2 aromatic carbocycles. The van der Waals surface area contributed by atoms with E-state index in [1.807, 2.05) is 0 Å². The van der Waals surface area contributed by atoms with E-state index in [2.05, 4.69) is 157 Å². The first kappa shape index (κ1) is 35.6. The molecule has 4 rings (SSSR count). The fourth-order valence-corrected chi connectivity index (χ4v) is 3.83. The molecule has 2 aromatic heterocycles. The van der Waals surface area contributed by atoms with Gasteiger partial charge in [-0.1, -0.05) is 36.4 Å². The number of aryl methyl sites for hydroxylation is 2. The third kappa shape index (κ3) is 13.1. The average Bonchev–Trinajstić information content (AvgIpc) is 3.28. The number of rotatable bonds is 6. The quantitative estimate of drug-likeness (QED) is 0.183. The molecule has 232 valence electrons. The summed E-state index contributed by atoms with van der Waals surface area (Å²) in [7, 11) is 2.51. The maximum Gasteiger partial charge on any atom is 0.329 e. The molecule has 0 aliphatic carbocycles. The molecule has 0 spiro atoms. The Bertz CT molecular complexity index is 1500. The molecule has 13 nitrogen and oxygen atoms in total. The van der Waals surface area contributed by atoms with Crippen molar-refractivity contribution in [3.8, 4) is 0 Å². The molecule has 0 unspecified atom stereocenters. The predicted molar refractivity (Wildman–Crippen MR) is 139 cm³/mol. The molecule has 15 heteroatoms. The molecule has 2 heterocycles. The van der Waals surface area contributed by atoms with Gasteiger partial charge in [0, 0.05) is 45.6 Å². The first-order valence-electron chi connectivity index (χ1n) is 12.4. The SMILES string of the molecule is CN(C)c1ccc(/C=C/c2cc(/C=C/c3ccc(N(C)C)cc3)[n+](C)c3c[n+](C)cn23)cc1.[O-][Cl+3]([O-])([O-])[O-].[O-][Cl+3]([O-])([O-])[O-]. The van der Waals surface area contributed by atoms with Crippen molar-refractivity contribution in [3.63, 3.8) is 0 Å². The number of fused-ring (bicyclic) bond motifs is 1. The summed E-state index contributed by atoms with van der Waals surface area (Å²) in [5.41, 5.74) is 8.15. The number of halogens is 2. The van der Waals surface area contributed by atoms with Crippen LogP contribution in [-0.4, -0.2) is 32.6 Å². The zero-order valence-corrected chi connectivity index (χ0v) is 25.9. The van der Waals surface area contributed by atoms with Gasteiger partial charge in [0.25, 0.3) is 6.33 Å². The molecular weight excluding hydrogens is 605 g/mol. The van der Waals surface area contributed by atoms with Crippen molar-refractivity contribution in [2.24, 2.45) is 14.1 Å². The van der Waals surface area contributed by atoms with Crippen LogP contribution in [-0.2, 0) is 14.1 Å². The number of hydrogen-bond donors (Lipinski definition) is 0. The Labute approximate surface area is 254 Å². The van der Waals surface area contributed by atoms with E-state index >= 15 is 0 Å². The van der Waals surface area contributed by atoms with E-state index in [1.54, 1.807) is 0 Å². The second-order valence-electron chi connectivity index (χ2n) is 9.59. The Morgan fingerprint density at radius 3 is 1.42 bits per heavy atom. The minimum atomic E-state index is -4.94. The fraction of sp³-hybridized carbons (Fsp3) is 0.214. The predicted octanol–water partition coefficient (Wildman–Crippen LogP) is -5.45. The molecule has 0 fully saturated rings. The van der Waals surface area contributed by atoms with Gasteiger partial charge in [-0.2, -0.15) is 4.40 Å². The molecule has 0 aliphatic rings. The molecule has 4 aromatic rings. The highest BCUT2D eigenvalue weighted by Gasteiger charge is 2.16. The van der Waals surface area contributed by atoms with Gasteiger partial charge in [-0.05, 0) is 47.5 Å². The lowest BCUT2D eigenvalue weighted by Crippen LogP contribution is -2.68. The van der Waals surface area contributed by atoms with E-state index in [0.717, 1.165) is 17.0 Å². The van der Waals surface area contributed by atoms with Crippen LogP contribution in [0.5, 0.6) is 0 Å². The first-order chi connectivity index (χ1) is 19.8. The lowest BCUT2D eigenvalue weighted by atomic mass is 10.1. The summed E-state index contributed by atoms with van der Waals surface area (Å²) in [6, 6.07) is 19.4. The monoisotopic (exact) mass is 637 g/mol. The normalized spacial score (nSPS) is 11.8. The highest BCUT2D eigenvalue weighted by molar-refractivity contribution is 5.73. The number of benzene rings is 2. The maximum absolute atomic E-state index is 8.49. The molecule has 0 radical (unpaired) electrons. The minimum Gasteiger partial charge on any atom is -0.378 e. The van der Waals surface area contributed by atoms with Gasteiger partial charge >= 0.3 is 5.65 Å². The van der Waals surface area contributed by atoms with Gasteiger partial charge < -0.3 is 9.80 Å². The fourth-order valence-electron chi connectivity index (χ4n) is 3.83. The Morgan fingerprint density at radius 1 is 0.628 bits per heavy atom. The van der Waals surface area contributed by atoms with Crippen LogP contribution >= 0.6 is 0 Å². The van der Waals surface area contributed by atoms with E-state index < -0.39 is 20.5 Å². The molecule has 0 atom stereocenters. The second-order valence-corrected chi connectivity index (χ2v) is 11.1. The van der Waals surface area contributed by atoms with E-state index in [4.69, 9.17) is 37.3 Å². The van der Waals surface area contributed by atoms with Crippen molar-refractivity contribution >= 4 is 41.3 Å². The van der Waals surface area contributed by atoms with Crippen LogP contribution in [0.2, 0.25) is 0 Å². The van der Waals surface area contributed by atoms with Crippen LogP contribution in [0, 0.1) is 20.5 Å². The van der Waals surface area contributed by atoms with Gasteiger partial charge in [-0.25, -0.2) is 46.4 Å². The zero-order valence-electron chi connectivity index (χ0n) is 24.4. The van der Waals surface area contributed by atoms with E-state index in [-0.39, 0.29) is 0 Å². The molecule has 0 N–H and O–H groups in total. The minimum absolute atomic E-state index is 1.13. The van der Waals surface area contributed by atoms with Crippen molar-refractivity contribution < 1.29 is 66.9 Å². The average molecular weight is 639 g/mol. The number of nitrogens with zero attached hydrogens (tertiary/aromatic N) is 5. The number of aromatic nitrogens is 3. The van der Waals surface area contributed by atoms with Crippen LogP contribution in [0.15, 0.2) is 67.1 Å². The smallest absolute Gasteiger partial charge is 0.329 e. The molecule has 0 saturated heterocycles. The maximum atomic E-state index is 8.49. The van der Waals surface area contributed by atoms with Crippen molar-refractivity contribution in [2.45, 2.75) is 0 Å². The summed E-state index contributed by atoms with van der Waals surface area (Å²) < 4.78 is 74.5. The van der Waals surface area contributed by atoms with Gasteiger partial charge in [0.15, 0.2) is 6.20 Å². The highest BCUT2D eigenvalue weighted by atomic mass is 35.7. The Hall–Kier alpha value is -3.60. The Balaban J connectivity index is 0.000000559. The van der Waals surface area contributed by atoms with E-state index in [1.165, 1.54) is 22.5 Å². The summed E-state index contributed by atoms with van der Waals surface area (Å²) >= 11 is 0. The Kier molecular flexibility index (Phi) is 12.6. The van der Waals surface area contributed by atoms with Crippen LogP contribution in [0.1, 0.15) is 22.5 Å². The van der Waals surface area contributed by atoms with Crippen molar-refractivity contribution in [1.29, 1.82) is 0 Å². The summed E-state index contributed by atoms with van der Waals surface area (Å²) in [5, 5.41) is 0. The zero-order chi connectivity index (χ0) is 32.5. The van der Waals surface area contributed by atoms with Gasteiger partial charge in [-0.3, -0.25) is 0 Å². The largest absolute Gasteiger partial charge is 0.378 e. The molecule has 0 bridgehead atoms. The highest BCUT2D eigenvalue weighted by Crippen LogP contribution is 2.17.